The predicted octanol–water partition coefficient (Wildman–Crippen LogP) is 4.45. The first-order valence-corrected chi connectivity index (χ1v) is 8.20. The van der Waals surface area contributed by atoms with Crippen molar-refractivity contribution in [2.75, 3.05) is 0 Å². The molecule has 3 nitrogen and oxygen atoms in total. The Hall–Kier alpha value is -1.35. The van der Waals surface area contributed by atoms with Gasteiger partial charge >= 0.3 is 0 Å². The highest BCUT2D eigenvalue weighted by molar-refractivity contribution is 6.20. The first-order valence-electron chi connectivity index (χ1n) is 7.77. The van der Waals surface area contributed by atoms with Crippen LogP contribution < -0.4 is 5.56 Å². The van der Waals surface area contributed by atoms with E-state index in [9.17, 15) is 4.79 Å². The van der Waals surface area contributed by atoms with Crippen molar-refractivity contribution in [1.82, 2.24) is 9.55 Å². The highest BCUT2D eigenvalue weighted by Crippen LogP contribution is 2.37. The van der Waals surface area contributed by atoms with Crippen LogP contribution in [0.4, 0.5) is 0 Å². The summed E-state index contributed by atoms with van der Waals surface area (Å²) in [5, 5.41) is 0.466. The van der Waals surface area contributed by atoms with Gasteiger partial charge in [-0.2, -0.15) is 0 Å². The Kier molecular flexibility index (Phi) is 4.03. The van der Waals surface area contributed by atoms with Crippen molar-refractivity contribution < 1.29 is 0 Å². The molecule has 4 heteroatoms. The molecule has 3 rings (SSSR count). The summed E-state index contributed by atoms with van der Waals surface area (Å²) in [7, 11) is 0. The van der Waals surface area contributed by atoms with E-state index in [0.717, 1.165) is 30.1 Å². The third-order valence-electron chi connectivity index (χ3n) is 4.29. The zero-order valence-corrected chi connectivity index (χ0v) is 13.3. The van der Waals surface area contributed by atoms with Gasteiger partial charge in [-0.05, 0) is 37.8 Å². The zero-order valence-electron chi connectivity index (χ0n) is 12.6. The Bertz CT molecular complexity index is 705. The molecular weight excluding hydrogens is 284 g/mol. The quantitative estimate of drug-likeness (QED) is 0.765. The van der Waals surface area contributed by atoms with Gasteiger partial charge in [0.05, 0.1) is 16.3 Å². The van der Waals surface area contributed by atoms with E-state index in [0.29, 0.717) is 5.39 Å². The molecule has 1 saturated carbocycles. The van der Waals surface area contributed by atoms with Crippen LogP contribution in [-0.4, -0.2) is 9.55 Å². The average Bonchev–Trinajstić information content (AvgIpc) is 3.30. The van der Waals surface area contributed by atoms with Gasteiger partial charge in [-0.15, -0.1) is 11.6 Å². The lowest BCUT2D eigenvalue weighted by atomic mass is 10.1. The number of nitrogens with zero attached hydrogens (tertiary/aromatic N) is 2. The van der Waals surface area contributed by atoms with Crippen molar-refractivity contribution in [2.24, 2.45) is 5.92 Å². The first-order chi connectivity index (χ1) is 10.1. The van der Waals surface area contributed by atoms with E-state index in [1.807, 2.05) is 35.8 Å². The largest absolute Gasteiger partial charge is 0.292 e. The number of hydrogen-bond acceptors (Lipinski definition) is 2. The van der Waals surface area contributed by atoms with Crippen LogP contribution in [-0.2, 0) is 0 Å². The Balaban J connectivity index is 2.17. The summed E-state index contributed by atoms with van der Waals surface area (Å²) in [5.41, 5.74) is 0.786. The smallest absolute Gasteiger partial charge is 0.261 e. The van der Waals surface area contributed by atoms with Gasteiger partial charge in [0.1, 0.15) is 5.82 Å². The molecule has 1 aliphatic rings. The molecule has 21 heavy (non-hydrogen) atoms. The molecular formula is C17H21ClN2O. The Labute approximate surface area is 130 Å². The van der Waals surface area contributed by atoms with Crippen LogP contribution in [0.3, 0.4) is 0 Å². The molecule has 1 aromatic heterocycles. The van der Waals surface area contributed by atoms with Gasteiger partial charge in [-0.1, -0.05) is 31.9 Å². The topological polar surface area (TPSA) is 34.9 Å². The highest BCUT2D eigenvalue weighted by atomic mass is 35.5. The molecule has 2 aromatic rings. The summed E-state index contributed by atoms with van der Waals surface area (Å²) in [5.74, 6) is 1.48. The maximum Gasteiger partial charge on any atom is 0.261 e. The lowest BCUT2D eigenvalue weighted by molar-refractivity contribution is 0.441. The van der Waals surface area contributed by atoms with Crippen molar-refractivity contribution in [3.63, 3.8) is 0 Å². The van der Waals surface area contributed by atoms with Crippen molar-refractivity contribution in [3.8, 4) is 0 Å². The number of hydrogen-bond donors (Lipinski definition) is 0. The number of alkyl halides is 1. The Morgan fingerprint density at radius 2 is 2.10 bits per heavy atom. The van der Waals surface area contributed by atoms with Crippen molar-refractivity contribution in [3.05, 3.63) is 40.4 Å². The minimum atomic E-state index is -0.219. The number of benzene rings is 1. The number of halogens is 1. The Morgan fingerprint density at radius 1 is 1.38 bits per heavy atom. The minimum Gasteiger partial charge on any atom is -0.292 e. The summed E-state index contributed by atoms with van der Waals surface area (Å²) >= 11 is 6.44. The summed E-state index contributed by atoms with van der Waals surface area (Å²) < 4.78 is 1.84. The van der Waals surface area contributed by atoms with Crippen LogP contribution in [0.1, 0.15) is 56.8 Å². The maximum absolute atomic E-state index is 12.9. The van der Waals surface area contributed by atoms with Crippen molar-refractivity contribution in [2.45, 2.75) is 50.9 Å². The second-order valence-corrected chi connectivity index (χ2v) is 6.59. The monoisotopic (exact) mass is 304 g/mol. The van der Waals surface area contributed by atoms with Gasteiger partial charge in [0, 0.05) is 6.04 Å². The molecule has 1 heterocycles. The SMILES string of the molecule is CCC(Cl)c1nc2ccccc2c(=O)n1C(C)CC1CC1. The van der Waals surface area contributed by atoms with Crippen LogP contribution in [0.5, 0.6) is 0 Å². The highest BCUT2D eigenvalue weighted by Gasteiger charge is 2.27. The van der Waals surface area contributed by atoms with Crippen molar-refractivity contribution in [1.29, 1.82) is 0 Å². The Morgan fingerprint density at radius 3 is 2.76 bits per heavy atom. The number of aromatic nitrogens is 2. The lowest BCUT2D eigenvalue weighted by Gasteiger charge is -2.21. The summed E-state index contributed by atoms with van der Waals surface area (Å²) in [6.07, 6.45) is 4.38. The van der Waals surface area contributed by atoms with E-state index >= 15 is 0 Å². The molecule has 1 aliphatic carbocycles. The predicted molar refractivity (Wildman–Crippen MR) is 86.9 cm³/mol. The van der Waals surface area contributed by atoms with Crippen LogP contribution >= 0.6 is 11.6 Å². The number of para-hydroxylation sites is 1. The summed E-state index contributed by atoms with van der Waals surface area (Å²) in [4.78, 5) is 17.6. The third-order valence-corrected chi connectivity index (χ3v) is 4.79. The van der Waals surface area contributed by atoms with Gasteiger partial charge in [-0.25, -0.2) is 4.98 Å². The zero-order chi connectivity index (χ0) is 15.0. The fraction of sp³-hybridized carbons (Fsp3) is 0.529. The second-order valence-electron chi connectivity index (χ2n) is 6.07. The van der Waals surface area contributed by atoms with E-state index in [1.165, 1.54) is 12.8 Å². The molecule has 1 aromatic carbocycles. The van der Waals surface area contributed by atoms with Crippen LogP contribution in [0.25, 0.3) is 10.9 Å². The van der Waals surface area contributed by atoms with Crippen LogP contribution in [0, 0.1) is 5.92 Å². The van der Waals surface area contributed by atoms with Crippen LogP contribution in [0.2, 0.25) is 0 Å². The molecule has 0 radical (unpaired) electrons. The fourth-order valence-corrected chi connectivity index (χ4v) is 3.09. The van der Waals surface area contributed by atoms with Gasteiger partial charge in [0.25, 0.3) is 5.56 Å². The maximum atomic E-state index is 12.9. The molecule has 2 atom stereocenters. The first kappa shape index (κ1) is 14.6. The molecule has 112 valence electrons. The average molecular weight is 305 g/mol. The number of rotatable bonds is 5. The molecule has 0 bridgehead atoms. The van der Waals surface area contributed by atoms with E-state index in [2.05, 4.69) is 11.9 Å². The van der Waals surface area contributed by atoms with Gasteiger partial charge < -0.3 is 0 Å². The fourth-order valence-electron chi connectivity index (χ4n) is 2.93. The standard InChI is InChI=1S/C17H21ClN2O/c1-3-14(18)16-19-15-7-5-4-6-13(15)17(21)20(16)11(2)10-12-8-9-12/h4-7,11-12,14H,3,8-10H2,1-2H3. The van der Waals surface area contributed by atoms with Gasteiger partial charge in [0.2, 0.25) is 0 Å². The van der Waals surface area contributed by atoms with E-state index in [4.69, 9.17) is 11.6 Å². The normalized spacial score (nSPS) is 17.9. The van der Waals surface area contributed by atoms with Gasteiger partial charge in [-0.3, -0.25) is 9.36 Å². The molecule has 0 saturated heterocycles. The van der Waals surface area contributed by atoms with Gasteiger partial charge in [0.15, 0.2) is 0 Å². The van der Waals surface area contributed by atoms with E-state index < -0.39 is 0 Å². The molecule has 0 amide bonds. The molecule has 1 fully saturated rings. The summed E-state index contributed by atoms with van der Waals surface area (Å²) in [6.45, 7) is 4.13. The minimum absolute atomic E-state index is 0.0443. The van der Waals surface area contributed by atoms with E-state index in [1.54, 1.807) is 0 Å². The van der Waals surface area contributed by atoms with E-state index in [-0.39, 0.29) is 17.0 Å². The third kappa shape index (κ3) is 2.84. The van der Waals surface area contributed by atoms with Crippen molar-refractivity contribution >= 4 is 22.5 Å². The lowest BCUT2D eigenvalue weighted by Crippen LogP contribution is -2.29. The molecule has 0 spiro atoms. The molecule has 0 aliphatic heterocycles. The second kappa shape index (κ2) is 5.80. The summed E-state index contributed by atoms with van der Waals surface area (Å²) in [6, 6.07) is 7.69. The number of fused-ring (bicyclic) bond motifs is 1. The molecule has 2 unspecified atom stereocenters. The van der Waals surface area contributed by atoms with Crippen LogP contribution in [0.15, 0.2) is 29.1 Å². The molecule has 0 N–H and O–H groups in total.